The Morgan fingerprint density at radius 3 is 2.78 bits per heavy atom. The summed E-state index contributed by atoms with van der Waals surface area (Å²) < 4.78 is 27.6. The van der Waals surface area contributed by atoms with Crippen LogP contribution in [0.5, 0.6) is 0 Å². The molecule has 2 rings (SSSR count). The molecule has 0 aromatic heterocycles. The summed E-state index contributed by atoms with van der Waals surface area (Å²) in [6.45, 7) is 6.54. The van der Waals surface area contributed by atoms with E-state index in [1.807, 2.05) is 0 Å². The fraction of sp³-hybridized carbons (Fsp3) is 0.625. The largest absolute Gasteiger partial charge is 0.396 e. The number of nitrogens with zero attached hydrogens (tertiary/aromatic N) is 1. The SMILES string of the molecule is Cc1cc(S(=O)(=O)NCCN2CCC[C@H](CO)C2)c(C)cc1Cl. The highest BCUT2D eigenvalue weighted by Gasteiger charge is 2.21. The Bertz CT molecular complexity index is 649. The molecule has 0 radical (unpaired) electrons. The van der Waals surface area contributed by atoms with Crippen LogP contribution in [0.3, 0.4) is 0 Å². The zero-order valence-electron chi connectivity index (χ0n) is 13.7. The highest BCUT2D eigenvalue weighted by Crippen LogP contribution is 2.23. The van der Waals surface area contributed by atoms with Gasteiger partial charge in [0.25, 0.3) is 0 Å². The highest BCUT2D eigenvalue weighted by atomic mass is 35.5. The monoisotopic (exact) mass is 360 g/mol. The minimum Gasteiger partial charge on any atom is -0.396 e. The third-order valence-electron chi connectivity index (χ3n) is 4.33. The number of sulfonamides is 1. The Morgan fingerprint density at radius 1 is 1.35 bits per heavy atom. The van der Waals surface area contributed by atoms with E-state index < -0.39 is 10.0 Å². The predicted octanol–water partition coefficient (Wildman–Crippen LogP) is 1.94. The fourth-order valence-corrected chi connectivity index (χ4v) is 4.51. The summed E-state index contributed by atoms with van der Waals surface area (Å²) >= 11 is 6.03. The third kappa shape index (κ3) is 4.90. The van der Waals surface area contributed by atoms with Crippen LogP contribution in [0.4, 0.5) is 0 Å². The number of hydrogen-bond donors (Lipinski definition) is 2. The van der Waals surface area contributed by atoms with Crippen molar-refractivity contribution in [1.29, 1.82) is 0 Å². The molecule has 0 spiro atoms. The van der Waals surface area contributed by atoms with Crippen LogP contribution >= 0.6 is 11.6 Å². The van der Waals surface area contributed by atoms with Crippen molar-refractivity contribution in [2.45, 2.75) is 31.6 Å². The summed E-state index contributed by atoms with van der Waals surface area (Å²) in [5.74, 6) is 0.307. The summed E-state index contributed by atoms with van der Waals surface area (Å²) in [5, 5.41) is 9.82. The lowest BCUT2D eigenvalue weighted by molar-refractivity contribution is 0.122. The summed E-state index contributed by atoms with van der Waals surface area (Å²) in [6.07, 6.45) is 2.09. The van der Waals surface area contributed by atoms with E-state index in [1.54, 1.807) is 26.0 Å². The minimum absolute atomic E-state index is 0.200. The molecule has 1 aliphatic rings. The second-order valence-electron chi connectivity index (χ2n) is 6.26. The Kier molecular flexibility index (Phi) is 6.45. The average Bonchev–Trinajstić information content (AvgIpc) is 2.50. The Labute approximate surface area is 143 Å². The van der Waals surface area contributed by atoms with E-state index >= 15 is 0 Å². The molecule has 1 atom stereocenters. The van der Waals surface area contributed by atoms with Gasteiger partial charge in [-0.2, -0.15) is 0 Å². The summed E-state index contributed by atoms with van der Waals surface area (Å²) in [6, 6.07) is 3.30. The van der Waals surface area contributed by atoms with Crippen LogP contribution in [0.25, 0.3) is 0 Å². The second-order valence-corrected chi connectivity index (χ2v) is 8.40. The van der Waals surface area contributed by atoms with Crippen LogP contribution in [0.15, 0.2) is 17.0 Å². The van der Waals surface area contributed by atoms with Crippen molar-refractivity contribution in [3.63, 3.8) is 0 Å². The molecule has 0 amide bonds. The second kappa shape index (κ2) is 7.94. The van der Waals surface area contributed by atoms with Crippen LogP contribution in [0.2, 0.25) is 5.02 Å². The van der Waals surface area contributed by atoms with Crippen molar-refractivity contribution in [2.75, 3.05) is 32.8 Å². The number of halogens is 1. The number of aliphatic hydroxyl groups is 1. The molecule has 130 valence electrons. The van der Waals surface area contributed by atoms with Gasteiger partial charge < -0.3 is 10.0 Å². The van der Waals surface area contributed by atoms with E-state index in [1.165, 1.54) is 0 Å². The van der Waals surface area contributed by atoms with E-state index in [4.69, 9.17) is 11.6 Å². The first kappa shape index (κ1) is 18.7. The van der Waals surface area contributed by atoms with Crippen LogP contribution in [-0.2, 0) is 10.0 Å². The van der Waals surface area contributed by atoms with Gasteiger partial charge in [0.15, 0.2) is 0 Å². The number of aryl methyl sites for hydroxylation is 2. The highest BCUT2D eigenvalue weighted by molar-refractivity contribution is 7.89. The van der Waals surface area contributed by atoms with Gasteiger partial charge in [-0.15, -0.1) is 0 Å². The van der Waals surface area contributed by atoms with Gasteiger partial charge >= 0.3 is 0 Å². The average molecular weight is 361 g/mol. The van der Waals surface area contributed by atoms with Gasteiger partial charge in [0.2, 0.25) is 10.0 Å². The third-order valence-corrected chi connectivity index (χ3v) is 6.34. The minimum atomic E-state index is -3.53. The van der Waals surface area contributed by atoms with E-state index in [9.17, 15) is 13.5 Å². The van der Waals surface area contributed by atoms with Gasteiger partial charge in [-0.3, -0.25) is 0 Å². The van der Waals surface area contributed by atoms with E-state index in [2.05, 4.69) is 9.62 Å². The number of piperidine rings is 1. The molecule has 1 fully saturated rings. The molecule has 2 N–H and O–H groups in total. The number of hydrogen-bond acceptors (Lipinski definition) is 4. The maximum atomic E-state index is 12.5. The van der Waals surface area contributed by atoms with Gasteiger partial charge in [-0.05, 0) is 62.4 Å². The van der Waals surface area contributed by atoms with Crippen molar-refractivity contribution in [1.82, 2.24) is 9.62 Å². The molecule has 0 saturated carbocycles. The predicted molar refractivity (Wildman–Crippen MR) is 92.4 cm³/mol. The van der Waals surface area contributed by atoms with Gasteiger partial charge in [0, 0.05) is 31.3 Å². The van der Waals surface area contributed by atoms with Crippen LogP contribution in [0.1, 0.15) is 24.0 Å². The Balaban J connectivity index is 1.95. The molecule has 1 aromatic carbocycles. The smallest absolute Gasteiger partial charge is 0.240 e. The Morgan fingerprint density at radius 2 is 2.09 bits per heavy atom. The van der Waals surface area contributed by atoms with Gasteiger partial charge in [0.05, 0.1) is 4.90 Å². The summed E-state index contributed by atoms with van der Waals surface area (Å²) in [5.41, 5.74) is 1.39. The first-order chi connectivity index (χ1) is 10.8. The molecule has 1 aromatic rings. The zero-order valence-corrected chi connectivity index (χ0v) is 15.3. The lowest BCUT2D eigenvalue weighted by Crippen LogP contribution is -2.41. The van der Waals surface area contributed by atoms with E-state index in [0.717, 1.165) is 31.5 Å². The number of aliphatic hydroxyl groups excluding tert-OH is 1. The van der Waals surface area contributed by atoms with Crippen molar-refractivity contribution in [2.24, 2.45) is 5.92 Å². The Hall–Kier alpha value is -0.660. The number of rotatable bonds is 6. The van der Waals surface area contributed by atoms with Crippen molar-refractivity contribution in [3.05, 3.63) is 28.3 Å². The fourth-order valence-electron chi connectivity index (χ4n) is 2.96. The quantitative estimate of drug-likeness (QED) is 0.813. The standard InChI is InChI=1S/C16H25ClN2O3S/c1-12-9-16(13(2)8-15(12)17)23(21,22)18-5-7-19-6-3-4-14(10-19)11-20/h8-9,14,18,20H,3-7,10-11H2,1-2H3/t14-/m0/s1. The molecule has 5 nitrogen and oxygen atoms in total. The number of benzene rings is 1. The van der Waals surface area contributed by atoms with Gasteiger partial charge in [0.1, 0.15) is 0 Å². The molecule has 1 heterocycles. The van der Waals surface area contributed by atoms with Crippen LogP contribution in [0, 0.1) is 19.8 Å². The lowest BCUT2D eigenvalue weighted by atomic mass is 9.99. The van der Waals surface area contributed by atoms with Gasteiger partial charge in [-0.25, -0.2) is 13.1 Å². The first-order valence-electron chi connectivity index (χ1n) is 7.93. The van der Waals surface area contributed by atoms with E-state index in [0.29, 0.717) is 29.6 Å². The number of nitrogens with one attached hydrogen (secondary N) is 1. The van der Waals surface area contributed by atoms with Crippen LogP contribution in [-0.4, -0.2) is 51.2 Å². The zero-order chi connectivity index (χ0) is 17.0. The number of likely N-dealkylation sites (tertiary alicyclic amines) is 1. The molecule has 7 heteroatoms. The molecule has 23 heavy (non-hydrogen) atoms. The first-order valence-corrected chi connectivity index (χ1v) is 9.79. The normalized spacial score (nSPS) is 19.9. The molecule has 1 saturated heterocycles. The molecular formula is C16H25ClN2O3S. The van der Waals surface area contributed by atoms with Crippen LogP contribution < -0.4 is 4.72 Å². The maximum absolute atomic E-state index is 12.5. The molecule has 0 unspecified atom stereocenters. The van der Waals surface area contributed by atoms with Crippen molar-refractivity contribution >= 4 is 21.6 Å². The maximum Gasteiger partial charge on any atom is 0.240 e. The molecule has 1 aliphatic heterocycles. The molecule has 0 aliphatic carbocycles. The summed E-state index contributed by atoms with van der Waals surface area (Å²) in [7, 11) is -3.53. The van der Waals surface area contributed by atoms with E-state index in [-0.39, 0.29) is 11.5 Å². The van der Waals surface area contributed by atoms with Crippen molar-refractivity contribution in [3.8, 4) is 0 Å². The topological polar surface area (TPSA) is 69.6 Å². The lowest BCUT2D eigenvalue weighted by Gasteiger charge is -2.31. The summed E-state index contributed by atoms with van der Waals surface area (Å²) in [4.78, 5) is 2.48. The van der Waals surface area contributed by atoms with Crippen molar-refractivity contribution < 1.29 is 13.5 Å². The molecular weight excluding hydrogens is 336 g/mol. The van der Waals surface area contributed by atoms with Gasteiger partial charge in [-0.1, -0.05) is 11.6 Å². The molecule has 0 bridgehead atoms.